The molecule has 11 heterocycles. The number of carbonyl (C=O) groups is 1. The number of para-hydroxylation sites is 1. The van der Waals surface area contributed by atoms with Crippen molar-refractivity contribution in [2.45, 2.75) is 218 Å². The van der Waals surface area contributed by atoms with Gasteiger partial charge in [0.25, 0.3) is 12.0 Å². The van der Waals surface area contributed by atoms with Gasteiger partial charge in [0.15, 0.2) is 0 Å². The number of hydrogen-bond donors (Lipinski definition) is 11. The third-order valence-corrected chi connectivity index (χ3v) is 27.3. The smallest absolute Gasteiger partial charge is 0.483 e. The van der Waals surface area contributed by atoms with Crippen LogP contribution in [0.4, 0.5) is 17.5 Å². The zero-order chi connectivity index (χ0) is 84.6. The van der Waals surface area contributed by atoms with Crippen LogP contribution in [0.5, 0.6) is 0 Å². The van der Waals surface area contributed by atoms with Crippen LogP contribution in [-0.2, 0) is 41.5 Å². The Morgan fingerprint density at radius 2 is 0.905 bits per heavy atom. The average Bonchev–Trinajstić information content (AvgIpc) is 1.64. The predicted molar refractivity (Wildman–Crippen MR) is 493 cm³/mol. The molecule has 4 aliphatic carbocycles. The van der Waals surface area contributed by atoms with E-state index in [9.17, 15) is 9.36 Å². The Morgan fingerprint density at radius 1 is 0.543 bits per heavy atom. The van der Waals surface area contributed by atoms with Gasteiger partial charge in [0.1, 0.15) is 83.3 Å². The fraction of sp³-hybridized carbons (Fsp3) is 0.500. The van der Waals surface area contributed by atoms with Crippen molar-refractivity contribution in [2.24, 2.45) is 17.2 Å². The summed E-state index contributed by atoms with van der Waals surface area (Å²) in [6, 6.07) is 21.7. The lowest BCUT2D eigenvalue weighted by Crippen LogP contribution is -2.36. The number of halogens is 5. The predicted octanol–water partition coefficient (Wildman–Crippen LogP) is 17.7. The fourth-order valence-electron chi connectivity index (χ4n) is 13.4. The van der Waals surface area contributed by atoms with Crippen molar-refractivity contribution in [2.75, 3.05) is 51.3 Å². The molecule has 0 amide bonds. The first-order chi connectivity index (χ1) is 55.6. The number of benzene rings is 1. The molecular formula is C78H109BBrCl4N18O8PS5. The summed E-state index contributed by atoms with van der Waals surface area (Å²) < 4.78 is 15.8. The highest BCUT2D eigenvalue weighted by atomic mass is 79.9. The molecule has 0 aliphatic heterocycles. The highest BCUT2D eigenvalue weighted by Gasteiger charge is 2.27. The van der Waals surface area contributed by atoms with Gasteiger partial charge in [-0.15, -0.1) is 56.7 Å². The summed E-state index contributed by atoms with van der Waals surface area (Å²) in [7, 11) is 8.20. The number of nitrogens with zero attached hydrogens (tertiary/aromatic N) is 11. The lowest BCUT2D eigenvalue weighted by Gasteiger charge is -2.33. The van der Waals surface area contributed by atoms with Gasteiger partial charge in [0.05, 0.1) is 27.9 Å². The summed E-state index contributed by atoms with van der Waals surface area (Å²) in [5, 5.41) is 45.8. The molecule has 16 rings (SSSR count). The first-order valence-corrected chi connectivity index (χ1v) is 48.5. The topological polar surface area (TPSA) is 398 Å². The van der Waals surface area contributed by atoms with Crippen LogP contribution in [0.1, 0.15) is 162 Å². The summed E-state index contributed by atoms with van der Waals surface area (Å²) in [5.41, 5.74) is 18.0. The van der Waals surface area contributed by atoms with Gasteiger partial charge in [-0.05, 0) is 249 Å². The van der Waals surface area contributed by atoms with Gasteiger partial charge < -0.3 is 72.6 Å². The molecule has 0 saturated heterocycles. The van der Waals surface area contributed by atoms with Gasteiger partial charge >= 0.3 is 12.3 Å². The molecule has 4 aliphatic rings. The first-order valence-electron chi connectivity index (χ1n) is 38.8. The van der Waals surface area contributed by atoms with Crippen molar-refractivity contribution in [3.8, 4) is 0 Å². The fourth-order valence-corrected chi connectivity index (χ4v) is 19.4. The van der Waals surface area contributed by atoms with Crippen molar-refractivity contribution in [3.05, 3.63) is 131 Å². The Bertz CT molecular complexity index is 4970. The molecule has 0 unspecified atom stereocenters. The lowest BCUT2D eigenvalue weighted by molar-refractivity contribution is -0.122. The molecule has 4 saturated carbocycles. The monoisotopic (exact) mass is 1850 g/mol. The second-order valence-corrected chi connectivity index (χ2v) is 41.6. The number of fused-ring (bicyclic) bond motifs is 6. The molecule has 4 fully saturated rings. The third-order valence-electron chi connectivity index (χ3n) is 19.9. The minimum Gasteiger partial charge on any atom is -0.483 e. The van der Waals surface area contributed by atoms with Crippen molar-refractivity contribution in [1.82, 2.24) is 59.6 Å². The second kappa shape index (κ2) is 49.8. The van der Waals surface area contributed by atoms with E-state index in [0.717, 1.165) is 160 Å². The van der Waals surface area contributed by atoms with E-state index >= 15 is 0 Å². The van der Waals surface area contributed by atoms with Crippen LogP contribution >= 0.6 is 123 Å². The molecule has 0 atom stereocenters. The molecule has 0 spiro atoms. The van der Waals surface area contributed by atoms with Crippen molar-refractivity contribution < 1.29 is 34.0 Å². The van der Waals surface area contributed by atoms with Gasteiger partial charge in [0, 0.05) is 95.1 Å². The number of aromatic nitrogens is 10. The highest BCUT2D eigenvalue weighted by molar-refractivity contribution is 9.10. The van der Waals surface area contributed by atoms with Crippen molar-refractivity contribution in [3.63, 3.8) is 0 Å². The van der Waals surface area contributed by atoms with E-state index in [0.29, 0.717) is 52.4 Å². The van der Waals surface area contributed by atoms with Crippen LogP contribution in [0, 0.1) is 0 Å². The van der Waals surface area contributed by atoms with E-state index in [1.165, 1.54) is 104 Å². The minimum absolute atomic E-state index is 0.0454. The lowest BCUT2D eigenvalue weighted by atomic mass is 9.88. The number of furan rings is 1. The summed E-state index contributed by atoms with van der Waals surface area (Å²) >= 11 is 32.0. The summed E-state index contributed by atoms with van der Waals surface area (Å²) in [4.78, 5) is 77.2. The van der Waals surface area contributed by atoms with Crippen LogP contribution in [0.2, 0.25) is 5.15 Å². The molecule has 11 aromatic heterocycles. The second-order valence-electron chi connectivity index (χ2n) is 28.3. The SMILES string of the molecule is CCc1cc2c(=O)[nH]cnc2s1.CCc1cc2c(Cl)ncnc2s1.CCc1cc2c(NC3CCC(N(C)C)CC3)ncnc2s1.CCc1cc2c(NC3CCC(N)CC3)ncnc2s1.CCc1sc2ncnc(NC3CCC(N(C)C)CC3)c2c1Br.CO.NC1CCC(N)CC1.O=CO.O=P(Cl)(Cl)Cl.OB(O)c1cc2ccccc2o1. The van der Waals surface area contributed by atoms with E-state index in [1.807, 2.05) is 24.3 Å². The maximum atomic E-state index is 11.2. The molecule has 0 bridgehead atoms. The molecular weight excluding hydrogens is 1740 g/mol. The van der Waals surface area contributed by atoms with Crippen LogP contribution in [0.3, 0.4) is 0 Å². The maximum absolute atomic E-state index is 11.2. The third kappa shape index (κ3) is 30.7. The largest absolute Gasteiger partial charge is 0.526 e. The van der Waals surface area contributed by atoms with Gasteiger partial charge in [-0.25, -0.2) is 44.9 Å². The van der Waals surface area contributed by atoms with Crippen LogP contribution in [0.25, 0.3) is 62.1 Å². The normalized spacial score (nSPS) is 19.0. The number of carboxylic acid groups (broad SMARTS) is 1. The van der Waals surface area contributed by atoms with E-state index in [2.05, 4.69) is 206 Å². The number of aliphatic hydroxyl groups excluding tert-OH is 1. The number of nitrogens with two attached hydrogens (primary N) is 3. The van der Waals surface area contributed by atoms with Gasteiger partial charge in [-0.3, -0.25) is 14.2 Å². The standard InChI is InChI=1S/C16H23BrN4S.C16H24N4S.C14H20N4S.C8H7BO3.C8H7ClN2S.C8H8N2OS.C6H14N2.CH2O2.CH4O.Cl3OP/c1-4-12-14(17)13-15(18-9-19-16(13)22-12)20-10-5-7-11(8-6-10)21(2)3;1-4-13-9-14-15(17-10-18-16(14)21-13)19-11-5-7-12(8-6-11)20(2)3;1-2-11-7-12-13(16-8-17-14(12)19-11)18-10-5-3-9(15)4-6-10;10-9(11)8-5-6-3-1-2-4-7(6)12-8;1-2-5-3-6-7(9)10-4-11-8(6)12-5;1-2-5-3-6-7(11)9-4-10-8(6)12-5;7-5-1-2-6(8)4-3-5;2-1-3;1-2;1-5(2,3)4/h9-11H,4-8H2,1-3H3,(H,18,19,20);9-12H,4-8H2,1-3H3,(H,17,18,19);7-10H,2-6,15H2,1H3,(H,16,17,18);1-5,10-11H;3-4H,2H2,1H3;3-4H,2H2,1H3,(H,9,10,11);5-6H,1-4,7-8H2;1H,(H,2,3);2H,1H3;. The quantitative estimate of drug-likeness (QED) is 0.0208. The Hall–Kier alpha value is -5.76. The number of aromatic amines is 1. The molecule has 26 nitrogen and oxygen atoms in total. The van der Waals surface area contributed by atoms with Crippen LogP contribution in [0.15, 0.2) is 99.9 Å². The number of nitrogens with one attached hydrogen (secondary N) is 4. The summed E-state index contributed by atoms with van der Waals surface area (Å²) in [6.07, 6.45) is 32.0. The number of H-pyrrole nitrogens is 1. The number of rotatable bonds is 14. The summed E-state index contributed by atoms with van der Waals surface area (Å²) in [5.74, 6) is 2.99. The van der Waals surface area contributed by atoms with Crippen molar-refractivity contribution in [1.29, 1.82) is 0 Å². The van der Waals surface area contributed by atoms with Gasteiger partial charge in [-0.2, -0.15) is 0 Å². The zero-order valence-corrected chi connectivity index (χ0v) is 76.7. The maximum Gasteiger partial charge on any atom is 0.526 e. The number of aryl methyl sites for hydroxylation is 5. The van der Waals surface area contributed by atoms with Gasteiger partial charge in [-0.1, -0.05) is 64.4 Å². The molecule has 38 heteroatoms. The number of aliphatic hydroxyl groups is 1. The van der Waals surface area contributed by atoms with Gasteiger partial charge in [0.2, 0.25) is 0 Å². The van der Waals surface area contributed by atoms with E-state index in [4.69, 9.17) is 58.3 Å². The van der Waals surface area contributed by atoms with E-state index in [-0.39, 0.29) is 17.7 Å². The Labute approximate surface area is 726 Å². The Morgan fingerprint density at radius 3 is 1.30 bits per heavy atom. The van der Waals surface area contributed by atoms with Crippen LogP contribution in [-0.4, -0.2) is 177 Å². The average molecular weight is 1850 g/mol. The van der Waals surface area contributed by atoms with E-state index < -0.39 is 12.3 Å². The number of anilines is 3. The molecule has 632 valence electrons. The van der Waals surface area contributed by atoms with Crippen LogP contribution < -0.4 is 44.4 Å². The number of hydrogen-bond acceptors (Lipinski definition) is 29. The van der Waals surface area contributed by atoms with Crippen molar-refractivity contribution >= 4 is 222 Å². The highest BCUT2D eigenvalue weighted by Crippen LogP contribution is 2.61. The molecule has 14 N–H and O–H groups in total. The molecule has 12 aromatic rings. The summed E-state index contributed by atoms with van der Waals surface area (Å²) in [6.45, 7) is 10.5. The molecule has 0 radical (unpaired) electrons. The van der Waals surface area contributed by atoms with E-state index in [1.54, 1.807) is 87.8 Å². The number of thiophene rings is 5. The zero-order valence-electron chi connectivity index (χ0n) is 67.2. The first kappa shape index (κ1) is 97.4. The molecule has 1 aromatic carbocycles. The Kier molecular flexibility index (Phi) is 41.8. The Balaban J connectivity index is 0.000000187. The minimum atomic E-state index is -3.22. The molecule has 116 heavy (non-hydrogen) atoms.